The number of carbonyl (C=O) groups excluding carboxylic acids is 1. The van der Waals surface area contributed by atoms with Crippen LogP contribution in [0.2, 0.25) is 0 Å². The van der Waals surface area contributed by atoms with Gasteiger partial charge in [-0.15, -0.1) is 0 Å². The van der Waals surface area contributed by atoms with Crippen molar-refractivity contribution >= 4 is 44.0 Å². The van der Waals surface area contributed by atoms with Gasteiger partial charge in [-0.2, -0.15) is 4.98 Å². The second-order valence-corrected chi connectivity index (χ2v) is 12.8. The van der Waals surface area contributed by atoms with Crippen LogP contribution in [0.4, 0.5) is 26.0 Å². The number of piperazine rings is 1. The highest BCUT2D eigenvalue weighted by Gasteiger charge is 2.30. The summed E-state index contributed by atoms with van der Waals surface area (Å²) in [7, 11) is -2.40. The number of benzene rings is 3. The number of amides is 1. The molecular formula is C31H32F2N6O4S. The van der Waals surface area contributed by atoms with E-state index in [1.807, 2.05) is 11.8 Å². The molecular weight excluding hydrogens is 590 g/mol. The Balaban J connectivity index is 1.86. The minimum Gasteiger partial charge on any atom is -0.398 e. The van der Waals surface area contributed by atoms with Crippen LogP contribution in [0.3, 0.4) is 0 Å². The lowest BCUT2D eigenvalue weighted by molar-refractivity contribution is -0.126. The summed E-state index contributed by atoms with van der Waals surface area (Å²) in [6.07, 6.45) is 2.27. The summed E-state index contributed by atoms with van der Waals surface area (Å²) in [6.45, 7) is 8.03. The number of sulfonamides is 1. The van der Waals surface area contributed by atoms with Crippen molar-refractivity contribution in [2.24, 2.45) is 0 Å². The molecule has 1 saturated heterocycles. The minimum atomic E-state index is -3.76. The molecule has 0 spiro atoms. The van der Waals surface area contributed by atoms with Crippen molar-refractivity contribution in [3.05, 3.63) is 88.9 Å². The fourth-order valence-electron chi connectivity index (χ4n) is 5.65. The average Bonchev–Trinajstić information content (AvgIpc) is 2.96. The summed E-state index contributed by atoms with van der Waals surface area (Å²) in [6, 6.07) is 11.1. The summed E-state index contributed by atoms with van der Waals surface area (Å²) >= 11 is 0. The molecule has 1 aliphatic rings. The zero-order chi connectivity index (χ0) is 32.1. The molecule has 1 aliphatic heterocycles. The number of nitrogens with zero attached hydrogens (tertiary/aromatic N) is 5. The van der Waals surface area contributed by atoms with Gasteiger partial charge in [-0.05, 0) is 55.8 Å². The van der Waals surface area contributed by atoms with Gasteiger partial charge < -0.3 is 15.5 Å². The van der Waals surface area contributed by atoms with Crippen molar-refractivity contribution in [1.29, 1.82) is 0 Å². The third-order valence-electron chi connectivity index (χ3n) is 7.94. The Kier molecular flexibility index (Phi) is 7.93. The van der Waals surface area contributed by atoms with Crippen molar-refractivity contribution in [2.45, 2.75) is 19.9 Å². The van der Waals surface area contributed by atoms with Crippen LogP contribution < -0.4 is 20.6 Å². The second-order valence-electron chi connectivity index (χ2n) is 10.8. The van der Waals surface area contributed by atoms with Crippen molar-refractivity contribution in [3.8, 4) is 16.8 Å². The smallest absolute Gasteiger partial charge is 0.354 e. The van der Waals surface area contributed by atoms with E-state index in [1.165, 1.54) is 42.0 Å². The molecule has 13 heteroatoms. The topological polar surface area (TPSA) is 122 Å². The number of nitrogen functional groups attached to an aromatic ring is 1. The maximum absolute atomic E-state index is 16.0. The Bertz CT molecular complexity index is 1980. The molecule has 44 heavy (non-hydrogen) atoms. The normalized spacial score (nSPS) is 15.5. The molecule has 2 N–H and O–H groups in total. The van der Waals surface area contributed by atoms with E-state index in [2.05, 4.69) is 11.6 Å². The van der Waals surface area contributed by atoms with E-state index < -0.39 is 27.3 Å². The highest BCUT2D eigenvalue weighted by atomic mass is 32.2. The maximum Gasteiger partial charge on any atom is 0.354 e. The largest absolute Gasteiger partial charge is 0.398 e. The van der Waals surface area contributed by atoms with Crippen LogP contribution in [0.1, 0.15) is 12.5 Å². The fraction of sp³-hybridized carbons (Fsp3) is 0.258. The predicted molar refractivity (Wildman–Crippen MR) is 169 cm³/mol. The quantitative estimate of drug-likeness (QED) is 0.256. The van der Waals surface area contributed by atoms with Crippen LogP contribution in [0, 0.1) is 18.6 Å². The van der Waals surface area contributed by atoms with Gasteiger partial charge >= 0.3 is 5.69 Å². The zero-order valence-corrected chi connectivity index (χ0v) is 25.5. The van der Waals surface area contributed by atoms with Crippen LogP contribution in [0.15, 0.2) is 66.0 Å². The van der Waals surface area contributed by atoms with Gasteiger partial charge in [-0.25, -0.2) is 22.0 Å². The zero-order valence-electron chi connectivity index (χ0n) is 24.7. The molecule has 4 aromatic rings. The summed E-state index contributed by atoms with van der Waals surface area (Å²) in [4.78, 5) is 34.2. The Morgan fingerprint density at radius 1 is 1.14 bits per heavy atom. The number of carbonyl (C=O) groups is 1. The van der Waals surface area contributed by atoms with Crippen molar-refractivity contribution in [3.63, 3.8) is 0 Å². The Morgan fingerprint density at radius 2 is 1.84 bits per heavy atom. The van der Waals surface area contributed by atoms with E-state index in [9.17, 15) is 18.0 Å². The molecule has 2 heterocycles. The SMILES string of the molecule is C=CC(=O)N1CCN(c2nc(=O)n(-c3c(C)cccc3N(C)S(C)(=O)=O)c3cc(-c4c(N)cccc4F)c(F)cc23)[C@@H](C)C1. The first kappa shape index (κ1) is 30.7. The summed E-state index contributed by atoms with van der Waals surface area (Å²) in [5.74, 6) is -1.60. The van der Waals surface area contributed by atoms with Gasteiger partial charge in [0.05, 0.1) is 23.1 Å². The number of fused-ring (bicyclic) bond motifs is 1. The van der Waals surface area contributed by atoms with E-state index in [0.29, 0.717) is 25.2 Å². The average molecular weight is 623 g/mol. The van der Waals surface area contributed by atoms with Crippen molar-refractivity contribution in [1.82, 2.24) is 14.5 Å². The fourth-order valence-corrected chi connectivity index (χ4v) is 6.15. The van der Waals surface area contributed by atoms with Crippen molar-refractivity contribution < 1.29 is 22.0 Å². The number of hydrogen-bond donors (Lipinski definition) is 1. The van der Waals surface area contributed by atoms with Crippen LogP contribution in [-0.2, 0) is 14.8 Å². The molecule has 0 bridgehead atoms. The van der Waals surface area contributed by atoms with Crippen LogP contribution in [-0.4, -0.2) is 67.8 Å². The lowest BCUT2D eigenvalue weighted by Gasteiger charge is -2.40. The van der Waals surface area contributed by atoms with E-state index in [1.54, 1.807) is 30.0 Å². The Labute approximate surface area is 253 Å². The summed E-state index contributed by atoms with van der Waals surface area (Å²) in [5, 5.41) is 0.229. The molecule has 230 valence electrons. The van der Waals surface area contributed by atoms with Gasteiger partial charge in [0, 0.05) is 54.9 Å². The first-order valence-corrected chi connectivity index (χ1v) is 15.6. The number of hydrogen-bond acceptors (Lipinski definition) is 7. The maximum atomic E-state index is 16.0. The molecule has 1 fully saturated rings. The number of anilines is 3. The Morgan fingerprint density at radius 3 is 2.48 bits per heavy atom. The molecule has 0 saturated carbocycles. The minimum absolute atomic E-state index is 0.00329. The van der Waals surface area contributed by atoms with Crippen LogP contribution >= 0.6 is 0 Å². The van der Waals surface area contributed by atoms with Gasteiger partial charge in [-0.1, -0.05) is 24.8 Å². The third-order valence-corrected chi connectivity index (χ3v) is 9.13. The summed E-state index contributed by atoms with van der Waals surface area (Å²) in [5.41, 5.74) is 6.06. The standard InChI is InChI=1S/C31H32F2N6O4S/c1-6-27(40)37-13-14-38(19(3)17-37)30-21-15-23(33)20(28-22(32)10-8-11-24(28)34)16-26(21)39(31(41)35-30)29-18(2)9-7-12-25(29)36(4)44(5,42)43/h6-12,15-16,19H,1,13-14,17,34H2,2-5H3/t19-/m0/s1. The number of para-hydroxylation sites is 1. The molecule has 10 nitrogen and oxygen atoms in total. The molecule has 1 amide bonds. The van der Waals surface area contributed by atoms with E-state index in [-0.39, 0.29) is 56.9 Å². The number of halogens is 2. The van der Waals surface area contributed by atoms with E-state index in [4.69, 9.17) is 5.73 Å². The first-order chi connectivity index (χ1) is 20.7. The van der Waals surface area contributed by atoms with Crippen LogP contribution in [0.25, 0.3) is 27.7 Å². The third kappa shape index (κ3) is 5.27. The van der Waals surface area contributed by atoms with Crippen LogP contribution in [0.5, 0.6) is 0 Å². The highest BCUT2D eigenvalue weighted by molar-refractivity contribution is 7.92. The van der Waals surface area contributed by atoms with Gasteiger partial charge in [-0.3, -0.25) is 13.7 Å². The number of nitrogens with two attached hydrogens (primary N) is 1. The second kappa shape index (κ2) is 11.4. The molecule has 0 aliphatic carbocycles. The lowest BCUT2D eigenvalue weighted by atomic mass is 9.99. The van der Waals surface area contributed by atoms with Gasteiger partial charge in [0.2, 0.25) is 15.9 Å². The summed E-state index contributed by atoms with van der Waals surface area (Å²) < 4.78 is 58.5. The monoisotopic (exact) mass is 622 g/mol. The van der Waals surface area contributed by atoms with Gasteiger partial charge in [0.1, 0.15) is 17.5 Å². The predicted octanol–water partition coefficient (Wildman–Crippen LogP) is 3.84. The lowest BCUT2D eigenvalue weighted by Crippen LogP contribution is -2.54. The highest BCUT2D eigenvalue weighted by Crippen LogP contribution is 2.38. The molecule has 0 unspecified atom stereocenters. The number of aromatic nitrogens is 2. The molecule has 0 radical (unpaired) electrons. The van der Waals surface area contributed by atoms with E-state index >= 15 is 8.78 Å². The van der Waals surface area contributed by atoms with Gasteiger partial charge in [0.25, 0.3) is 0 Å². The van der Waals surface area contributed by atoms with Gasteiger partial charge in [0.15, 0.2) is 0 Å². The number of aryl methyl sites for hydroxylation is 1. The molecule has 1 atom stereocenters. The van der Waals surface area contributed by atoms with Crippen molar-refractivity contribution in [2.75, 3.05) is 47.9 Å². The first-order valence-electron chi connectivity index (χ1n) is 13.8. The Hall–Kier alpha value is -4.78. The molecule has 1 aromatic heterocycles. The molecule has 5 rings (SSSR count). The number of rotatable bonds is 6. The molecule has 3 aromatic carbocycles. The van der Waals surface area contributed by atoms with E-state index in [0.717, 1.165) is 16.6 Å².